The average Bonchev–Trinajstić information content (AvgIpc) is 2.41. The first-order valence-electron chi connectivity index (χ1n) is 5.58. The fourth-order valence-electron chi connectivity index (χ4n) is 2.82. The molecule has 0 aromatic carbocycles. The Morgan fingerprint density at radius 3 is 2.47 bits per heavy atom. The van der Waals surface area contributed by atoms with Gasteiger partial charge in [-0.2, -0.15) is 0 Å². The highest BCUT2D eigenvalue weighted by molar-refractivity contribution is 5.35. The number of allylic oxidation sites excluding steroid dienone is 1. The van der Waals surface area contributed by atoms with Gasteiger partial charge in [-0.05, 0) is 25.3 Å². The Morgan fingerprint density at radius 2 is 2.00 bits per heavy atom. The van der Waals surface area contributed by atoms with Crippen molar-refractivity contribution < 1.29 is 9.84 Å². The summed E-state index contributed by atoms with van der Waals surface area (Å²) >= 11 is 0. The zero-order chi connectivity index (χ0) is 11.3. The predicted molar refractivity (Wildman–Crippen MR) is 60.4 cm³/mol. The largest absolute Gasteiger partial charge is 0.366 e. The summed E-state index contributed by atoms with van der Waals surface area (Å²) in [5, 5.41) is 9.97. The Kier molecular flexibility index (Phi) is 2.15. The molecule has 2 atom stereocenters. The van der Waals surface area contributed by atoms with Crippen LogP contribution in [-0.4, -0.2) is 16.5 Å². The molecule has 0 radical (unpaired) electrons. The summed E-state index contributed by atoms with van der Waals surface area (Å²) in [6, 6.07) is 0. The van der Waals surface area contributed by atoms with E-state index < -0.39 is 5.79 Å². The molecule has 1 spiro atoms. The number of hydrogen-bond acceptors (Lipinski definition) is 2. The quantitative estimate of drug-likeness (QED) is 0.663. The lowest BCUT2D eigenvalue weighted by Crippen LogP contribution is -2.48. The van der Waals surface area contributed by atoms with Crippen LogP contribution < -0.4 is 0 Å². The molecule has 2 nitrogen and oxygen atoms in total. The van der Waals surface area contributed by atoms with Gasteiger partial charge < -0.3 is 9.84 Å². The summed E-state index contributed by atoms with van der Waals surface area (Å²) < 4.78 is 5.91. The first-order chi connectivity index (χ1) is 6.79. The van der Waals surface area contributed by atoms with Crippen LogP contribution in [0, 0.1) is 5.41 Å². The van der Waals surface area contributed by atoms with Crippen LogP contribution in [0.15, 0.2) is 24.3 Å². The minimum absolute atomic E-state index is 0.0132. The van der Waals surface area contributed by atoms with E-state index in [1.165, 1.54) is 0 Å². The lowest BCUT2D eigenvalue weighted by molar-refractivity contribution is -0.226. The molecule has 0 bridgehead atoms. The van der Waals surface area contributed by atoms with Gasteiger partial charge in [0.2, 0.25) is 0 Å². The Bertz CT molecular complexity index is 325. The monoisotopic (exact) mass is 208 g/mol. The summed E-state index contributed by atoms with van der Waals surface area (Å²) in [7, 11) is 0. The van der Waals surface area contributed by atoms with Gasteiger partial charge in [0, 0.05) is 11.8 Å². The topological polar surface area (TPSA) is 29.5 Å². The van der Waals surface area contributed by atoms with Crippen molar-refractivity contribution in [3.8, 4) is 0 Å². The van der Waals surface area contributed by atoms with Gasteiger partial charge in [-0.3, -0.25) is 0 Å². The maximum atomic E-state index is 9.97. The van der Waals surface area contributed by atoms with Crippen LogP contribution >= 0.6 is 0 Å². The van der Waals surface area contributed by atoms with Crippen molar-refractivity contribution in [3.63, 3.8) is 0 Å². The molecule has 2 heteroatoms. The second-order valence-corrected chi connectivity index (χ2v) is 5.62. The molecular weight excluding hydrogens is 188 g/mol. The lowest BCUT2D eigenvalue weighted by Gasteiger charge is -2.47. The molecule has 1 aliphatic heterocycles. The van der Waals surface area contributed by atoms with Crippen LogP contribution in [0.3, 0.4) is 0 Å². The maximum Gasteiger partial charge on any atom is 0.163 e. The molecule has 2 aliphatic rings. The molecule has 2 unspecified atom stereocenters. The number of ether oxygens (including phenoxy) is 1. The highest BCUT2D eigenvalue weighted by Crippen LogP contribution is 2.54. The maximum absolute atomic E-state index is 9.97. The summed E-state index contributed by atoms with van der Waals surface area (Å²) in [6.45, 7) is 10.2. The molecule has 1 N–H and O–H groups in total. The molecule has 15 heavy (non-hydrogen) atoms. The molecule has 84 valence electrons. The van der Waals surface area contributed by atoms with Gasteiger partial charge in [-0.25, -0.2) is 0 Å². The SMILES string of the molecule is C=C1C=CCC(C)(C)C12CCC(C)(O)O2. The van der Waals surface area contributed by atoms with Crippen molar-refractivity contribution in [1.82, 2.24) is 0 Å². The molecule has 1 heterocycles. The Balaban J connectivity index is 2.41. The first-order valence-corrected chi connectivity index (χ1v) is 5.58. The fourth-order valence-corrected chi connectivity index (χ4v) is 2.82. The van der Waals surface area contributed by atoms with Crippen LogP contribution in [0.2, 0.25) is 0 Å². The third-order valence-electron chi connectivity index (χ3n) is 3.89. The van der Waals surface area contributed by atoms with Gasteiger partial charge in [-0.15, -0.1) is 0 Å². The van der Waals surface area contributed by atoms with Gasteiger partial charge in [0.1, 0.15) is 5.60 Å². The van der Waals surface area contributed by atoms with Gasteiger partial charge >= 0.3 is 0 Å². The van der Waals surface area contributed by atoms with E-state index in [4.69, 9.17) is 4.74 Å². The highest BCUT2D eigenvalue weighted by atomic mass is 16.6. The first kappa shape index (κ1) is 10.9. The Hall–Kier alpha value is -0.600. The second kappa shape index (κ2) is 2.96. The number of rotatable bonds is 0. The van der Waals surface area contributed by atoms with Gasteiger partial charge in [0.25, 0.3) is 0 Å². The van der Waals surface area contributed by atoms with E-state index in [2.05, 4.69) is 26.5 Å². The van der Waals surface area contributed by atoms with E-state index in [0.29, 0.717) is 6.42 Å². The molecule has 1 fully saturated rings. The molecule has 2 rings (SSSR count). The van der Waals surface area contributed by atoms with Crippen LogP contribution in [0.4, 0.5) is 0 Å². The molecule has 1 saturated heterocycles. The van der Waals surface area contributed by atoms with Crippen LogP contribution in [-0.2, 0) is 4.74 Å². The second-order valence-electron chi connectivity index (χ2n) is 5.62. The smallest absolute Gasteiger partial charge is 0.163 e. The van der Waals surface area contributed by atoms with E-state index in [0.717, 1.165) is 18.4 Å². The molecule has 0 saturated carbocycles. The summed E-state index contributed by atoms with van der Waals surface area (Å²) in [5.74, 6) is -0.995. The standard InChI is InChI=1S/C13H20O2/c1-10-6-5-7-11(2,3)13(10)9-8-12(4,14)15-13/h5-6,14H,1,7-9H2,2-4H3. The minimum Gasteiger partial charge on any atom is -0.366 e. The van der Waals surface area contributed by atoms with Crippen molar-refractivity contribution >= 4 is 0 Å². The van der Waals surface area contributed by atoms with E-state index in [-0.39, 0.29) is 11.0 Å². The highest BCUT2D eigenvalue weighted by Gasteiger charge is 2.56. The third-order valence-corrected chi connectivity index (χ3v) is 3.89. The molecule has 1 aliphatic carbocycles. The van der Waals surface area contributed by atoms with Crippen LogP contribution in [0.25, 0.3) is 0 Å². The van der Waals surface area contributed by atoms with E-state index in [1.54, 1.807) is 6.92 Å². The van der Waals surface area contributed by atoms with Crippen molar-refractivity contribution in [2.45, 2.75) is 51.4 Å². The van der Waals surface area contributed by atoms with Crippen LogP contribution in [0.1, 0.15) is 40.0 Å². The van der Waals surface area contributed by atoms with Gasteiger partial charge in [0.05, 0.1) is 0 Å². The lowest BCUT2D eigenvalue weighted by atomic mass is 9.65. The number of hydrogen-bond donors (Lipinski definition) is 1. The molecule has 0 amide bonds. The Labute approximate surface area is 91.6 Å². The predicted octanol–water partition coefficient (Wildman–Crippen LogP) is 2.79. The van der Waals surface area contributed by atoms with E-state index in [9.17, 15) is 5.11 Å². The molecule has 0 aromatic heterocycles. The van der Waals surface area contributed by atoms with Crippen molar-refractivity contribution in [2.24, 2.45) is 5.41 Å². The van der Waals surface area contributed by atoms with Crippen molar-refractivity contribution in [3.05, 3.63) is 24.3 Å². The van der Waals surface area contributed by atoms with Gasteiger partial charge in [-0.1, -0.05) is 32.6 Å². The summed E-state index contributed by atoms with van der Waals surface area (Å²) in [6.07, 6.45) is 6.69. The normalized spacial score (nSPS) is 43.9. The summed E-state index contributed by atoms with van der Waals surface area (Å²) in [4.78, 5) is 0. The minimum atomic E-state index is -0.995. The molecular formula is C13H20O2. The fraction of sp³-hybridized carbons (Fsp3) is 0.692. The summed E-state index contributed by atoms with van der Waals surface area (Å²) in [5.41, 5.74) is 0.640. The van der Waals surface area contributed by atoms with E-state index >= 15 is 0 Å². The van der Waals surface area contributed by atoms with Crippen LogP contribution in [0.5, 0.6) is 0 Å². The van der Waals surface area contributed by atoms with Crippen molar-refractivity contribution in [2.75, 3.05) is 0 Å². The van der Waals surface area contributed by atoms with Gasteiger partial charge in [0.15, 0.2) is 5.79 Å². The van der Waals surface area contributed by atoms with E-state index in [1.807, 2.05) is 6.08 Å². The average molecular weight is 208 g/mol. The Morgan fingerprint density at radius 1 is 1.33 bits per heavy atom. The third kappa shape index (κ3) is 1.47. The zero-order valence-electron chi connectivity index (χ0n) is 9.84. The van der Waals surface area contributed by atoms with Crippen molar-refractivity contribution in [1.29, 1.82) is 0 Å². The zero-order valence-corrected chi connectivity index (χ0v) is 9.84. The number of aliphatic hydroxyl groups is 1. The molecule has 0 aromatic rings.